The third-order valence-electron chi connectivity index (χ3n) is 6.13. The molecule has 0 aliphatic rings. The summed E-state index contributed by atoms with van der Waals surface area (Å²) in [5.41, 5.74) is 3.69. The van der Waals surface area contributed by atoms with Crippen molar-refractivity contribution in [1.29, 1.82) is 0 Å². The van der Waals surface area contributed by atoms with E-state index in [1.807, 2.05) is 68.4 Å². The van der Waals surface area contributed by atoms with E-state index in [4.69, 9.17) is 5.11 Å². The zero-order valence-electron chi connectivity index (χ0n) is 19.3. The topological polar surface area (TPSA) is 107 Å². The van der Waals surface area contributed by atoms with Gasteiger partial charge in [-0.05, 0) is 61.2 Å². The Labute approximate surface area is 197 Å². The number of aryl methyl sites for hydroxylation is 1. The molecule has 176 valence electrons. The number of nitrogens with one attached hydrogen (secondary N) is 2. The second-order valence-corrected chi connectivity index (χ2v) is 9.14. The van der Waals surface area contributed by atoms with Crippen molar-refractivity contribution in [3.63, 3.8) is 0 Å². The molecule has 4 N–H and O–H groups in total. The molecular formula is C27H29N3O4. The Bertz CT molecular complexity index is 1360. The summed E-state index contributed by atoms with van der Waals surface area (Å²) in [6.45, 7) is 4.88. The van der Waals surface area contributed by atoms with Gasteiger partial charge in [0.2, 0.25) is 0 Å². The van der Waals surface area contributed by atoms with E-state index < -0.39 is 12.1 Å². The first-order valence-corrected chi connectivity index (χ1v) is 11.3. The van der Waals surface area contributed by atoms with Crippen LogP contribution in [-0.2, 0) is 6.54 Å². The minimum Gasteiger partial charge on any atom is -0.478 e. The predicted octanol–water partition coefficient (Wildman–Crippen LogP) is 4.19. The Kier molecular flexibility index (Phi) is 6.68. The smallest absolute Gasteiger partial charge is 0.335 e. The summed E-state index contributed by atoms with van der Waals surface area (Å²) in [6, 6.07) is 22.6. The highest BCUT2D eigenvalue weighted by Gasteiger charge is 2.21. The van der Waals surface area contributed by atoms with Gasteiger partial charge in [-0.2, -0.15) is 0 Å². The van der Waals surface area contributed by atoms with Crippen LogP contribution >= 0.6 is 0 Å². The van der Waals surface area contributed by atoms with Crippen LogP contribution in [0.1, 0.15) is 42.3 Å². The van der Waals surface area contributed by atoms with Gasteiger partial charge in [0, 0.05) is 18.6 Å². The molecule has 4 aromatic rings. The van der Waals surface area contributed by atoms with Crippen molar-refractivity contribution in [2.24, 2.45) is 0 Å². The van der Waals surface area contributed by atoms with Gasteiger partial charge in [-0.3, -0.25) is 4.57 Å². The number of aromatic carboxylic acids is 1. The van der Waals surface area contributed by atoms with Crippen molar-refractivity contribution in [2.45, 2.75) is 38.5 Å². The first-order chi connectivity index (χ1) is 16.2. The maximum atomic E-state index is 12.4. The van der Waals surface area contributed by atoms with Crippen LogP contribution in [0.4, 0.5) is 0 Å². The lowest BCUT2D eigenvalue weighted by Gasteiger charge is -2.28. The molecule has 0 saturated heterocycles. The first kappa shape index (κ1) is 23.5. The third kappa shape index (κ3) is 5.27. The fourth-order valence-electron chi connectivity index (χ4n) is 4.05. The van der Waals surface area contributed by atoms with Crippen molar-refractivity contribution in [3.05, 3.63) is 94.4 Å². The summed E-state index contributed by atoms with van der Waals surface area (Å²) in [4.78, 5) is 26.4. The Morgan fingerprint density at radius 1 is 1.03 bits per heavy atom. The summed E-state index contributed by atoms with van der Waals surface area (Å²) in [5.74, 6) is -1.03. The van der Waals surface area contributed by atoms with E-state index in [0.29, 0.717) is 30.5 Å². The van der Waals surface area contributed by atoms with Crippen molar-refractivity contribution in [3.8, 4) is 11.1 Å². The average molecular weight is 460 g/mol. The number of fused-ring (bicyclic) bond motifs is 1. The molecule has 1 atom stereocenters. The molecule has 0 aliphatic heterocycles. The van der Waals surface area contributed by atoms with Crippen LogP contribution in [-0.4, -0.2) is 37.8 Å². The number of aromatic amines is 1. The van der Waals surface area contributed by atoms with E-state index in [1.165, 1.54) is 12.1 Å². The molecule has 3 aromatic carbocycles. The molecule has 0 bridgehead atoms. The van der Waals surface area contributed by atoms with Crippen LogP contribution in [0.25, 0.3) is 22.2 Å². The van der Waals surface area contributed by atoms with Crippen LogP contribution in [0.2, 0.25) is 0 Å². The molecular weight excluding hydrogens is 430 g/mol. The Hall–Kier alpha value is -3.68. The fourth-order valence-corrected chi connectivity index (χ4v) is 4.05. The van der Waals surface area contributed by atoms with Gasteiger partial charge >= 0.3 is 11.7 Å². The van der Waals surface area contributed by atoms with Gasteiger partial charge in [-0.15, -0.1) is 0 Å². The molecule has 7 heteroatoms. The largest absolute Gasteiger partial charge is 0.478 e. The van der Waals surface area contributed by atoms with Gasteiger partial charge in [-0.25, -0.2) is 9.59 Å². The first-order valence-electron chi connectivity index (χ1n) is 11.3. The number of carboxylic acid groups (broad SMARTS) is 1. The number of aliphatic hydroxyl groups is 1. The summed E-state index contributed by atoms with van der Waals surface area (Å²) in [7, 11) is 0. The van der Waals surface area contributed by atoms with Crippen LogP contribution in [0.15, 0.2) is 77.6 Å². The molecule has 1 unspecified atom stereocenters. The number of rotatable bonds is 9. The van der Waals surface area contributed by atoms with Gasteiger partial charge in [-0.1, -0.05) is 48.5 Å². The quantitative estimate of drug-likeness (QED) is 0.300. The molecule has 0 saturated carbocycles. The van der Waals surface area contributed by atoms with E-state index in [0.717, 1.165) is 16.7 Å². The van der Waals surface area contributed by atoms with E-state index in [-0.39, 0.29) is 16.8 Å². The Morgan fingerprint density at radius 2 is 1.76 bits per heavy atom. The second-order valence-electron chi connectivity index (χ2n) is 9.14. The highest BCUT2D eigenvalue weighted by atomic mass is 16.4. The van der Waals surface area contributed by atoms with Crippen LogP contribution in [0.3, 0.4) is 0 Å². The number of aliphatic hydroxyl groups excluding tert-OH is 1. The lowest BCUT2D eigenvalue weighted by molar-refractivity contribution is 0.0697. The number of benzene rings is 3. The number of aromatic nitrogens is 2. The maximum absolute atomic E-state index is 12.4. The number of hydrogen-bond acceptors (Lipinski definition) is 4. The Balaban J connectivity index is 1.40. The molecule has 34 heavy (non-hydrogen) atoms. The number of nitrogens with zero attached hydrogens (tertiary/aromatic N) is 1. The Morgan fingerprint density at radius 3 is 2.50 bits per heavy atom. The summed E-state index contributed by atoms with van der Waals surface area (Å²) in [6.07, 6.45) is -0.0367. The monoisotopic (exact) mass is 459 g/mol. The van der Waals surface area contributed by atoms with Gasteiger partial charge in [0.25, 0.3) is 0 Å². The van der Waals surface area contributed by atoms with Crippen molar-refractivity contribution >= 4 is 17.0 Å². The van der Waals surface area contributed by atoms with Crippen molar-refractivity contribution in [2.75, 3.05) is 6.54 Å². The standard InChI is InChI=1S/C27H29N3O4/c1-27(2,13-14-30-23-12-11-21(25(32)33)16-22(23)29-26(30)34)28-17-24(31)20-10-6-9-19(15-20)18-7-4-3-5-8-18/h3-12,15-16,24,28,31H,13-14,17H2,1-2H3,(H,29,34)(H,32,33). The summed E-state index contributed by atoms with van der Waals surface area (Å²) >= 11 is 0. The molecule has 0 radical (unpaired) electrons. The maximum Gasteiger partial charge on any atom is 0.335 e. The molecule has 0 aliphatic carbocycles. The highest BCUT2D eigenvalue weighted by molar-refractivity contribution is 5.92. The highest BCUT2D eigenvalue weighted by Crippen LogP contribution is 2.24. The summed E-state index contributed by atoms with van der Waals surface area (Å²) in [5, 5.41) is 23.4. The minimum atomic E-state index is -1.03. The molecule has 0 amide bonds. The minimum absolute atomic E-state index is 0.133. The zero-order chi connectivity index (χ0) is 24.3. The number of carboxylic acids is 1. The number of hydrogen-bond donors (Lipinski definition) is 4. The third-order valence-corrected chi connectivity index (χ3v) is 6.13. The zero-order valence-corrected chi connectivity index (χ0v) is 19.3. The van der Waals surface area contributed by atoms with Crippen molar-refractivity contribution < 1.29 is 15.0 Å². The molecule has 0 spiro atoms. The van der Waals surface area contributed by atoms with Gasteiger partial charge in [0.05, 0.1) is 22.7 Å². The SMILES string of the molecule is CC(C)(CCn1c(=O)[nH]c2cc(C(=O)O)ccc21)NCC(O)c1cccc(-c2ccccc2)c1. The van der Waals surface area contributed by atoms with Gasteiger partial charge in [0.1, 0.15) is 0 Å². The lowest BCUT2D eigenvalue weighted by atomic mass is 9.98. The van der Waals surface area contributed by atoms with Gasteiger partial charge in [0.15, 0.2) is 0 Å². The summed E-state index contributed by atoms with van der Waals surface area (Å²) < 4.78 is 1.62. The normalized spacial score (nSPS) is 12.7. The van der Waals surface area contributed by atoms with E-state index in [2.05, 4.69) is 10.3 Å². The number of H-pyrrole nitrogens is 1. The molecule has 4 rings (SSSR count). The average Bonchev–Trinajstić information content (AvgIpc) is 3.16. The van der Waals surface area contributed by atoms with Crippen LogP contribution < -0.4 is 11.0 Å². The number of imidazole rings is 1. The second kappa shape index (κ2) is 9.67. The number of carbonyl (C=O) groups is 1. The van der Waals surface area contributed by atoms with E-state index >= 15 is 0 Å². The van der Waals surface area contributed by atoms with Crippen LogP contribution in [0, 0.1) is 0 Å². The van der Waals surface area contributed by atoms with Crippen molar-refractivity contribution in [1.82, 2.24) is 14.9 Å². The van der Waals surface area contributed by atoms with E-state index in [1.54, 1.807) is 10.6 Å². The number of β-amino-alcohol motifs (C(OH)–C–C–N with tert-alkyl or cyclic N) is 1. The molecule has 1 aromatic heterocycles. The molecule has 1 heterocycles. The molecule has 0 fully saturated rings. The van der Waals surface area contributed by atoms with Crippen LogP contribution in [0.5, 0.6) is 0 Å². The molecule has 7 nitrogen and oxygen atoms in total. The van der Waals surface area contributed by atoms with E-state index in [9.17, 15) is 14.7 Å². The predicted molar refractivity (Wildman–Crippen MR) is 133 cm³/mol. The van der Waals surface area contributed by atoms with Gasteiger partial charge < -0.3 is 20.5 Å². The lowest BCUT2D eigenvalue weighted by Crippen LogP contribution is -2.42. The fraction of sp³-hybridized carbons (Fsp3) is 0.259.